The number of benzene rings is 1. The van der Waals surface area contributed by atoms with Crippen molar-refractivity contribution in [3.63, 3.8) is 0 Å². The lowest BCUT2D eigenvalue weighted by molar-refractivity contribution is 0.289. The monoisotopic (exact) mass is 300 g/mol. The summed E-state index contributed by atoms with van der Waals surface area (Å²) < 4.78 is 0. The maximum atomic E-state index is 4.48. The van der Waals surface area contributed by atoms with Gasteiger partial charge in [-0.15, -0.1) is 0 Å². The minimum absolute atomic E-state index is 0.978. The number of para-hydroxylation sites is 1. The van der Waals surface area contributed by atoms with Gasteiger partial charge in [0, 0.05) is 32.4 Å². The summed E-state index contributed by atoms with van der Waals surface area (Å²) >= 11 is 0. The SMILES string of the molecule is CN=C(NCCN1CCCCCC1)N1CCc2ccccc21. The van der Waals surface area contributed by atoms with Crippen LogP contribution in [0.5, 0.6) is 0 Å². The minimum atomic E-state index is 0.978. The third-order valence-electron chi connectivity index (χ3n) is 4.76. The van der Waals surface area contributed by atoms with Gasteiger partial charge in [0.05, 0.1) is 0 Å². The zero-order valence-electron chi connectivity index (χ0n) is 13.7. The quantitative estimate of drug-likeness (QED) is 0.687. The number of rotatable bonds is 3. The van der Waals surface area contributed by atoms with Gasteiger partial charge in [-0.05, 0) is 44.0 Å². The largest absolute Gasteiger partial charge is 0.355 e. The van der Waals surface area contributed by atoms with E-state index in [0.29, 0.717) is 0 Å². The molecule has 0 bridgehead atoms. The van der Waals surface area contributed by atoms with Gasteiger partial charge >= 0.3 is 0 Å². The van der Waals surface area contributed by atoms with Crippen molar-refractivity contribution in [2.75, 3.05) is 44.7 Å². The van der Waals surface area contributed by atoms with E-state index in [2.05, 4.69) is 44.4 Å². The Bertz CT molecular complexity index is 504. The lowest BCUT2D eigenvalue weighted by atomic mass is 10.2. The molecule has 1 fully saturated rings. The van der Waals surface area contributed by atoms with Crippen molar-refractivity contribution >= 4 is 11.6 Å². The van der Waals surface area contributed by atoms with Gasteiger partial charge in [0.25, 0.3) is 0 Å². The maximum absolute atomic E-state index is 4.48. The van der Waals surface area contributed by atoms with Gasteiger partial charge in [-0.3, -0.25) is 4.99 Å². The Balaban J connectivity index is 1.53. The lowest BCUT2D eigenvalue weighted by Crippen LogP contribution is -2.44. The molecule has 2 heterocycles. The van der Waals surface area contributed by atoms with Crippen molar-refractivity contribution in [1.82, 2.24) is 10.2 Å². The molecule has 2 aliphatic heterocycles. The summed E-state index contributed by atoms with van der Waals surface area (Å²) in [6.07, 6.45) is 6.62. The molecule has 3 rings (SSSR count). The second kappa shape index (κ2) is 7.63. The Morgan fingerprint density at radius 2 is 1.86 bits per heavy atom. The molecule has 0 aliphatic carbocycles. The van der Waals surface area contributed by atoms with Crippen LogP contribution in [0.15, 0.2) is 29.3 Å². The first-order valence-corrected chi connectivity index (χ1v) is 8.67. The van der Waals surface area contributed by atoms with E-state index in [0.717, 1.165) is 32.0 Å². The molecule has 0 amide bonds. The van der Waals surface area contributed by atoms with Gasteiger partial charge in [0.1, 0.15) is 0 Å². The number of nitrogens with one attached hydrogen (secondary N) is 1. The maximum Gasteiger partial charge on any atom is 0.198 e. The summed E-state index contributed by atoms with van der Waals surface area (Å²) in [7, 11) is 1.88. The van der Waals surface area contributed by atoms with E-state index in [4.69, 9.17) is 0 Å². The van der Waals surface area contributed by atoms with Gasteiger partial charge < -0.3 is 15.1 Å². The van der Waals surface area contributed by atoms with Crippen molar-refractivity contribution in [1.29, 1.82) is 0 Å². The average Bonchev–Trinajstić information content (AvgIpc) is 2.80. The smallest absolute Gasteiger partial charge is 0.198 e. The second-order valence-corrected chi connectivity index (χ2v) is 6.26. The third-order valence-corrected chi connectivity index (χ3v) is 4.76. The van der Waals surface area contributed by atoms with E-state index in [9.17, 15) is 0 Å². The van der Waals surface area contributed by atoms with Crippen LogP contribution >= 0.6 is 0 Å². The summed E-state index contributed by atoms with van der Waals surface area (Å²) in [5.74, 6) is 1.01. The lowest BCUT2D eigenvalue weighted by Gasteiger charge is -2.24. The molecule has 2 aliphatic rings. The van der Waals surface area contributed by atoms with Gasteiger partial charge in [-0.1, -0.05) is 31.0 Å². The summed E-state index contributed by atoms with van der Waals surface area (Å²) in [4.78, 5) is 9.39. The predicted octanol–water partition coefficient (Wildman–Crippen LogP) is 2.50. The minimum Gasteiger partial charge on any atom is -0.355 e. The molecular weight excluding hydrogens is 272 g/mol. The number of fused-ring (bicyclic) bond motifs is 1. The average molecular weight is 300 g/mol. The molecule has 1 aromatic rings. The van der Waals surface area contributed by atoms with E-state index >= 15 is 0 Å². The first-order valence-electron chi connectivity index (χ1n) is 8.67. The van der Waals surface area contributed by atoms with Crippen LogP contribution in [0.1, 0.15) is 31.2 Å². The summed E-state index contributed by atoms with van der Waals surface area (Å²) in [6, 6.07) is 8.66. The normalized spacial score (nSPS) is 19.9. The Kier molecular flexibility index (Phi) is 5.33. The molecule has 1 saturated heterocycles. The molecule has 1 aromatic carbocycles. The predicted molar refractivity (Wildman–Crippen MR) is 93.8 cm³/mol. The Labute approximate surface area is 134 Å². The number of guanidine groups is 1. The summed E-state index contributed by atoms with van der Waals surface area (Å²) in [5, 5.41) is 3.55. The van der Waals surface area contributed by atoms with Crippen LogP contribution in [0, 0.1) is 0 Å². The first kappa shape index (κ1) is 15.3. The summed E-state index contributed by atoms with van der Waals surface area (Å²) in [6.45, 7) is 5.64. The zero-order chi connectivity index (χ0) is 15.2. The Hall–Kier alpha value is -1.55. The molecule has 0 unspecified atom stereocenters. The second-order valence-electron chi connectivity index (χ2n) is 6.26. The molecule has 0 spiro atoms. The molecule has 0 radical (unpaired) electrons. The van der Waals surface area contributed by atoms with Gasteiger partial charge in [-0.2, -0.15) is 0 Å². The highest BCUT2D eigenvalue weighted by Crippen LogP contribution is 2.27. The number of nitrogens with zero attached hydrogens (tertiary/aromatic N) is 3. The molecule has 22 heavy (non-hydrogen) atoms. The fourth-order valence-corrected chi connectivity index (χ4v) is 3.54. The molecule has 0 aromatic heterocycles. The zero-order valence-corrected chi connectivity index (χ0v) is 13.7. The first-order chi connectivity index (χ1) is 10.9. The molecule has 4 heteroatoms. The number of hydrogen-bond acceptors (Lipinski definition) is 2. The van der Waals surface area contributed by atoms with Crippen molar-refractivity contribution < 1.29 is 0 Å². The van der Waals surface area contributed by atoms with Gasteiger partial charge in [-0.25, -0.2) is 0 Å². The van der Waals surface area contributed by atoms with E-state index in [1.165, 1.54) is 50.0 Å². The molecule has 120 valence electrons. The van der Waals surface area contributed by atoms with Crippen molar-refractivity contribution in [2.24, 2.45) is 4.99 Å². The van der Waals surface area contributed by atoms with Crippen molar-refractivity contribution in [2.45, 2.75) is 32.1 Å². The number of hydrogen-bond donors (Lipinski definition) is 1. The number of aliphatic imine (C=N–C) groups is 1. The van der Waals surface area contributed by atoms with Crippen LogP contribution in [-0.4, -0.2) is 50.6 Å². The van der Waals surface area contributed by atoms with E-state index in [1.54, 1.807) is 0 Å². The molecule has 1 N–H and O–H groups in total. The van der Waals surface area contributed by atoms with E-state index < -0.39 is 0 Å². The van der Waals surface area contributed by atoms with Crippen molar-refractivity contribution in [3.05, 3.63) is 29.8 Å². The fraction of sp³-hybridized carbons (Fsp3) is 0.611. The van der Waals surface area contributed by atoms with E-state index in [1.807, 2.05) is 7.05 Å². The highest BCUT2D eigenvalue weighted by atomic mass is 15.3. The van der Waals surface area contributed by atoms with Crippen LogP contribution in [0.4, 0.5) is 5.69 Å². The highest BCUT2D eigenvalue weighted by molar-refractivity contribution is 5.97. The van der Waals surface area contributed by atoms with Crippen LogP contribution in [0.3, 0.4) is 0 Å². The molecular formula is C18H28N4. The molecule has 4 nitrogen and oxygen atoms in total. The Morgan fingerprint density at radius 1 is 1.09 bits per heavy atom. The standard InChI is InChI=1S/C18H28N4/c1-19-18(20-11-15-21-12-6-2-3-7-13-21)22-14-10-16-8-4-5-9-17(16)22/h4-5,8-9H,2-3,6-7,10-15H2,1H3,(H,19,20). The molecule has 0 saturated carbocycles. The third kappa shape index (κ3) is 3.61. The van der Waals surface area contributed by atoms with Crippen molar-refractivity contribution in [3.8, 4) is 0 Å². The van der Waals surface area contributed by atoms with Crippen LogP contribution in [0.2, 0.25) is 0 Å². The van der Waals surface area contributed by atoms with Gasteiger partial charge in [0.2, 0.25) is 0 Å². The fourth-order valence-electron chi connectivity index (χ4n) is 3.54. The molecule has 0 atom stereocenters. The van der Waals surface area contributed by atoms with E-state index in [-0.39, 0.29) is 0 Å². The Morgan fingerprint density at radius 3 is 2.64 bits per heavy atom. The van der Waals surface area contributed by atoms with Crippen LogP contribution in [0.25, 0.3) is 0 Å². The highest BCUT2D eigenvalue weighted by Gasteiger charge is 2.22. The number of likely N-dealkylation sites (tertiary alicyclic amines) is 1. The van der Waals surface area contributed by atoms with Gasteiger partial charge in [0.15, 0.2) is 5.96 Å². The van der Waals surface area contributed by atoms with Crippen LogP contribution in [-0.2, 0) is 6.42 Å². The summed E-state index contributed by atoms with van der Waals surface area (Å²) in [5.41, 5.74) is 2.74. The van der Waals surface area contributed by atoms with Crippen LogP contribution < -0.4 is 10.2 Å². The topological polar surface area (TPSA) is 30.9 Å². The number of anilines is 1.